The van der Waals surface area contributed by atoms with Crippen LogP contribution in [0.2, 0.25) is 0 Å². The lowest BCUT2D eigenvalue weighted by Gasteiger charge is -2.26. The number of rotatable bonds is 3. The maximum Gasteiger partial charge on any atom is 0.241 e. The second-order valence-electron chi connectivity index (χ2n) is 4.14. The Morgan fingerprint density at radius 3 is 2.59 bits per heavy atom. The SMILES string of the molecule is Nc1cnc(NCC(=O)N2CCCCC2)nc1. The van der Waals surface area contributed by atoms with Gasteiger partial charge in [0.05, 0.1) is 24.6 Å². The molecule has 0 radical (unpaired) electrons. The van der Waals surface area contributed by atoms with Gasteiger partial charge in [0.25, 0.3) is 0 Å². The van der Waals surface area contributed by atoms with Crippen LogP contribution >= 0.6 is 0 Å². The zero-order chi connectivity index (χ0) is 12.1. The van der Waals surface area contributed by atoms with Gasteiger partial charge in [-0.1, -0.05) is 0 Å². The van der Waals surface area contributed by atoms with Crippen molar-refractivity contribution in [3.8, 4) is 0 Å². The molecular formula is C11H17N5O. The highest BCUT2D eigenvalue weighted by atomic mass is 16.2. The molecule has 1 aromatic heterocycles. The van der Waals surface area contributed by atoms with Gasteiger partial charge in [-0.2, -0.15) is 0 Å². The Morgan fingerprint density at radius 1 is 1.29 bits per heavy atom. The van der Waals surface area contributed by atoms with E-state index < -0.39 is 0 Å². The van der Waals surface area contributed by atoms with Crippen LogP contribution in [0.15, 0.2) is 12.4 Å². The summed E-state index contributed by atoms with van der Waals surface area (Å²) < 4.78 is 0. The van der Waals surface area contributed by atoms with E-state index in [9.17, 15) is 4.79 Å². The van der Waals surface area contributed by atoms with Gasteiger partial charge in [0.2, 0.25) is 11.9 Å². The van der Waals surface area contributed by atoms with Crippen molar-refractivity contribution < 1.29 is 4.79 Å². The zero-order valence-electron chi connectivity index (χ0n) is 9.72. The van der Waals surface area contributed by atoms with E-state index in [1.807, 2.05) is 4.90 Å². The second kappa shape index (κ2) is 5.47. The van der Waals surface area contributed by atoms with Crippen molar-refractivity contribution in [1.82, 2.24) is 14.9 Å². The Labute approximate surface area is 100 Å². The summed E-state index contributed by atoms with van der Waals surface area (Å²) in [4.78, 5) is 21.7. The van der Waals surface area contributed by atoms with Crippen LogP contribution in [0, 0.1) is 0 Å². The van der Waals surface area contributed by atoms with Crippen LogP contribution < -0.4 is 11.1 Å². The molecule has 1 amide bonds. The minimum Gasteiger partial charge on any atom is -0.396 e. The van der Waals surface area contributed by atoms with Gasteiger partial charge in [0, 0.05) is 13.1 Å². The molecule has 6 nitrogen and oxygen atoms in total. The van der Waals surface area contributed by atoms with Crippen LogP contribution in [0.1, 0.15) is 19.3 Å². The largest absolute Gasteiger partial charge is 0.396 e. The van der Waals surface area contributed by atoms with Gasteiger partial charge < -0.3 is 16.0 Å². The van der Waals surface area contributed by atoms with Crippen molar-refractivity contribution in [2.75, 3.05) is 30.7 Å². The third kappa shape index (κ3) is 3.30. The molecule has 2 heterocycles. The average Bonchev–Trinajstić information content (AvgIpc) is 2.39. The van der Waals surface area contributed by atoms with Gasteiger partial charge >= 0.3 is 0 Å². The van der Waals surface area contributed by atoms with Gasteiger partial charge in [-0.3, -0.25) is 4.79 Å². The van der Waals surface area contributed by atoms with Gasteiger partial charge in [0.15, 0.2) is 0 Å². The van der Waals surface area contributed by atoms with Crippen LogP contribution in [0.4, 0.5) is 11.6 Å². The number of carbonyl (C=O) groups is 1. The number of carbonyl (C=O) groups excluding carboxylic acids is 1. The Bertz CT molecular complexity index is 372. The number of likely N-dealkylation sites (tertiary alicyclic amines) is 1. The van der Waals surface area contributed by atoms with Crippen molar-refractivity contribution in [3.05, 3.63) is 12.4 Å². The minimum absolute atomic E-state index is 0.102. The standard InChI is InChI=1S/C11H17N5O/c12-9-6-13-11(14-7-9)15-8-10(17)16-4-2-1-3-5-16/h6-7H,1-5,8,12H2,(H,13,14,15). The van der Waals surface area contributed by atoms with E-state index in [4.69, 9.17) is 5.73 Å². The van der Waals surface area contributed by atoms with E-state index >= 15 is 0 Å². The molecule has 92 valence electrons. The minimum atomic E-state index is 0.102. The Kier molecular flexibility index (Phi) is 3.74. The molecule has 1 saturated heterocycles. The van der Waals surface area contributed by atoms with Crippen molar-refractivity contribution >= 4 is 17.5 Å². The second-order valence-corrected chi connectivity index (χ2v) is 4.14. The van der Waals surface area contributed by atoms with Crippen LogP contribution in [0.5, 0.6) is 0 Å². The number of nitrogens with two attached hydrogens (primary N) is 1. The highest BCUT2D eigenvalue weighted by Gasteiger charge is 2.15. The Morgan fingerprint density at radius 2 is 1.94 bits per heavy atom. The monoisotopic (exact) mass is 235 g/mol. The van der Waals surface area contributed by atoms with Crippen molar-refractivity contribution in [3.63, 3.8) is 0 Å². The van der Waals surface area contributed by atoms with E-state index in [2.05, 4.69) is 15.3 Å². The fourth-order valence-corrected chi connectivity index (χ4v) is 1.84. The molecular weight excluding hydrogens is 218 g/mol. The van der Waals surface area contributed by atoms with E-state index in [-0.39, 0.29) is 12.5 Å². The summed E-state index contributed by atoms with van der Waals surface area (Å²) in [6.07, 6.45) is 6.45. The third-order valence-corrected chi connectivity index (χ3v) is 2.78. The predicted molar refractivity (Wildman–Crippen MR) is 65.4 cm³/mol. The quantitative estimate of drug-likeness (QED) is 0.796. The number of piperidine rings is 1. The van der Waals surface area contributed by atoms with Crippen molar-refractivity contribution in [2.24, 2.45) is 0 Å². The molecule has 2 rings (SSSR count). The van der Waals surface area contributed by atoms with Gasteiger partial charge in [0.1, 0.15) is 0 Å². The summed E-state index contributed by atoms with van der Waals surface area (Å²) >= 11 is 0. The predicted octanol–water partition coefficient (Wildman–Crippen LogP) is 0.483. The molecule has 6 heteroatoms. The topological polar surface area (TPSA) is 84.1 Å². The first kappa shape index (κ1) is 11.6. The molecule has 0 unspecified atom stereocenters. The van der Waals surface area contributed by atoms with Gasteiger partial charge in [-0.25, -0.2) is 9.97 Å². The highest BCUT2D eigenvalue weighted by Crippen LogP contribution is 2.08. The van der Waals surface area contributed by atoms with Crippen LogP contribution in [0.3, 0.4) is 0 Å². The first-order chi connectivity index (χ1) is 8.25. The number of hydrogen-bond acceptors (Lipinski definition) is 5. The summed E-state index contributed by atoms with van der Waals surface area (Å²) in [5.41, 5.74) is 5.98. The summed E-state index contributed by atoms with van der Waals surface area (Å²) in [5, 5.41) is 2.90. The molecule has 1 fully saturated rings. The number of nitrogens with zero attached hydrogens (tertiary/aromatic N) is 3. The van der Waals surface area contributed by atoms with E-state index in [1.165, 1.54) is 18.8 Å². The molecule has 0 saturated carbocycles. The number of nitrogens with one attached hydrogen (secondary N) is 1. The van der Waals surface area contributed by atoms with Gasteiger partial charge in [-0.15, -0.1) is 0 Å². The summed E-state index contributed by atoms with van der Waals surface area (Å²) in [6, 6.07) is 0. The van der Waals surface area contributed by atoms with Gasteiger partial charge in [-0.05, 0) is 19.3 Å². The fourth-order valence-electron chi connectivity index (χ4n) is 1.84. The van der Waals surface area contributed by atoms with E-state index in [0.29, 0.717) is 11.6 Å². The van der Waals surface area contributed by atoms with E-state index in [0.717, 1.165) is 25.9 Å². The first-order valence-electron chi connectivity index (χ1n) is 5.85. The Hall–Kier alpha value is -1.85. The molecule has 0 spiro atoms. The highest BCUT2D eigenvalue weighted by molar-refractivity contribution is 5.80. The fraction of sp³-hybridized carbons (Fsp3) is 0.545. The number of anilines is 2. The maximum atomic E-state index is 11.8. The number of aromatic nitrogens is 2. The molecule has 0 atom stereocenters. The summed E-state index contributed by atoms with van der Waals surface area (Å²) in [5.74, 6) is 0.537. The first-order valence-corrected chi connectivity index (χ1v) is 5.85. The molecule has 0 aromatic carbocycles. The lowest BCUT2D eigenvalue weighted by Crippen LogP contribution is -2.39. The molecule has 17 heavy (non-hydrogen) atoms. The summed E-state index contributed by atoms with van der Waals surface area (Å²) in [6.45, 7) is 1.97. The van der Waals surface area contributed by atoms with Crippen LogP contribution in [-0.4, -0.2) is 40.4 Å². The molecule has 1 aliphatic heterocycles. The summed E-state index contributed by atoms with van der Waals surface area (Å²) in [7, 11) is 0. The Balaban J connectivity index is 1.81. The molecule has 1 aliphatic rings. The molecule has 3 N–H and O–H groups in total. The lowest BCUT2D eigenvalue weighted by atomic mass is 10.1. The third-order valence-electron chi connectivity index (χ3n) is 2.78. The van der Waals surface area contributed by atoms with Crippen molar-refractivity contribution in [1.29, 1.82) is 0 Å². The smallest absolute Gasteiger partial charge is 0.241 e. The number of hydrogen-bond donors (Lipinski definition) is 2. The van der Waals surface area contributed by atoms with E-state index in [1.54, 1.807) is 0 Å². The van der Waals surface area contributed by atoms with Crippen LogP contribution in [0.25, 0.3) is 0 Å². The number of nitrogen functional groups attached to an aromatic ring is 1. The number of amides is 1. The maximum absolute atomic E-state index is 11.8. The molecule has 0 bridgehead atoms. The van der Waals surface area contributed by atoms with Crippen molar-refractivity contribution in [2.45, 2.75) is 19.3 Å². The lowest BCUT2D eigenvalue weighted by molar-refractivity contribution is -0.130. The zero-order valence-corrected chi connectivity index (χ0v) is 9.72. The molecule has 1 aromatic rings. The normalized spacial score (nSPS) is 15.6. The molecule has 0 aliphatic carbocycles. The van der Waals surface area contributed by atoms with Crippen LogP contribution in [-0.2, 0) is 4.79 Å². The average molecular weight is 235 g/mol.